The molecule has 5 heteroatoms. The summed E-state index contributed by atoms with van der Waals surface area (Å²) in [5, 5.41) is 15.5. The summed E-state index contributed by atoms with van der Waals surface area (Å²) in [7, 11) is 0. The van der Waals surface area contributed by atoms with Gasteiger partial charge in [-0.05, 0) is 24.8 Å². The molecule has 1 saturated carbocycles. The maximum absolute atomic E-state index is 12.2. The number of urea groups is 1. The van der Waals surface area contributed by atoms with E-state index in [4.69, 9.17) is 4.74 Å². The van der Waals surface area contributed by atoms with Crippen LogP contribution < -0.4 is 10.6 Å². The molecule has 5 nitrogen and oxygen atoms in total. The van der Waals surface area contributed by atoms with Crippen LogP contribution in [0.3, 0.4) is 0 Å². The first-order valence-electron chi connectivity index (χ1n) is 9.09. The van der Waals surface area contributed by atoms with Crippen molar-refractivity contribution >= 4 is 6.03 Å². The fraction of sp³-hybridized carbons (Fsp3) is 0.632. The Morgan fingerprint density at radius 3 is 2.71 bits per heavy atom. The summed E-state index contributed by atoms with van der Waals surface area (Å²) in [5.74, 6) is 0.495. The molecule has 3 rings (SSSR count). The lowest BCUT2D eigenvalue weighted by atomic mass is 9.85. The van der Waals surface area contributed by atoms with Crippen LogP contribution in [0.4, 0.5) is 4.79 Å². The lowest BCUT2D eigenvalue weighted by Gasteiger charge is -2.31. The Morgan fingerprint density at radius 1 is 1.12 bits per heavy atom. The first kappa shape index (κ1) is 17.2. The lowest BCUT2D eigenvalue weighted by Crippen LogP contribution is -2.48. The molecule has 0 bridgehead atoms. The van der Waals surface area contributed by atoms with Crippen molar-refractivity contribution in [1.29, 1.82) is 0 Å². The summed E-state index contributed by atoms with van der Waals surface area (Å²) >= 11 is 0. The molecular weight excluding hydrogens is 304 g/mol. The summed E-state index contributed by atoms with van der Waals surface area (Å²) < 4.78 is 5.86. The van der Waals surface area contributed by atoms with E-state index in [0.717, 1.165) is 38.7 Å². The van der Waals surface area contributed by atoms with Gasteiger partial charge >= 0.3 is 6.03 Å². The molecule has 2 fully saturated rings. The van der Waals surface area contributed by atoms with Crippen LogP contribution in [0.25, 0.3) is 0 Å². The Hall–Kier alpha value is -1.59. The van der Waals surface area contributed by atoms with Gasteiger partial charge in [-0.2, -0.15) is 0 Å². The van der Waals surface area contributed by atoms with Crippen molar-refractivity contribution in [3.05, 3.63) is 35.9 Å². The van der Waals surface area contributed by atoms with Crippen LogP contribution >= 0.6 is 0 Å². The van der Waals surface area contributed by atoms with Gasteiger partial charge < -0.3 is 20.5 Å². The average molecular weight is 332 g/mol. The van der Waals surface area contributed by atoms with Crippen LogP contribution in [0.5, 0.6) is 0 Å². The summed E-state index contributed by atoms with van der Waals surface area (Å²) in [6.07, 6.45) is 5.23. The predicted molar refractivity (Wildman–Crippen MR) is 92.6 cm³/mol. The summed E-state index contributed by atoms with van der Waals surface area (Å²) in [5.41, 5.74) is 1.18. The maximum Gasteiger partial charge on any atom is 0.315 e. The second-order valence-electron chi connectivity index (χ2n) is 6.94. The summed E-state index contributed by atoms with van der Waals surface area (Å²) in [6, 6.07) is 10.2. The lowest BCUT2D eigenvalue weighted by molar-refractivity contribution is 0.0908. The zero-order chi connectivity index (χ0) is 16.8. The van der Waals surface area contributed by atoms with Gasteiger partial charge in [-0.1, -0.05) is 43.2 Å². The topological polar surface area (TPSA) is 70.6 Å². The molecule has 1 aromatic rings. The zero-order valence-corrected chi connectivity index (χ0v) is 14.1. The van der Waals surface area contributed by atoms with Gasteiger partial charge in [-0.25, -0.2) is 4.79 Å². The normalized spacial score (nSPS) is 30.0. The quantitative estimate of drug-likeness (QED) is 0.776. The molecule has 1 aliphatic carbocycles. The van der Waals surface area contributed by atoms with E-state index in [0.29, 0.717) is 12.5 Å². The highest BCUT2D eigenvalue weighted by Crippen LogP contribution is 2.33. The third-order valence-corrected chi connectivity index (χ3v) is 5.33. The minimum absolute atomic E-state index is 0.0615. The van der Waals surface area contributed by atoms with Crippen LogP contribution in [-0.2, 0) is 4.74 Å². The van der Waals surface area contributed by atoms with Crippen molar-refractivity contribution < 1.29 is 14.6 Å². The molecule has 1 saturated heterocycles. The first-order valence-corrected chi connectivity index (χ1v) is 9.09. The molecular formula is C19H28N2O3. The SMILES string of the molecule is O=C(NC[C@@H]1CCO[C@@H]1c1ccccc1)N[C@H]1CCCC[C@@H]1CO. The van der Waals surface area contributed by atoms with Crippen LogP contribution in [0.15, 0.2) is 30.3 Å². The van der Waals surface area contributed by atoms with Crippen molar-refractivity contribution in [2.45, 2.75) is 44.2 Å². The molecule has 1 aromatic carbocycles. The van der Waals surface area contributed by atoms with Crippen LogP contribution in [0, 0.1) is 11.8 Å². The van der Waals surface area contributed by atoms with Crippen molar-refractivity contribution in [3.8, 4) is 0 Å². The average Bonchev–Trinajstić information content (AvgIpc) is 3.10. The third-order valence-electron chi connectivity index (χ3n) is 5.33. The highest BCUT2D eigenvalue weighted by atomic mass is 16.5. The van der Waals surface area contributed by atoms with Crippen LogP contribution in [-0.4, -0.2) is 36.9 Å². The van der Waals surface area contributed by atoms with Gasteiger partial charge in [0.2, 0.25) is 0 Å². The Morgan fingerprint density at radius 2 is 1.92 bits per heavy atom. The second-order valence-corrected chi connectivity index (χ2v) is 6.94. The van der Waals surface area contributed by atoms with Gasteiger partial charge in [0.15, 0.2) is 0 Å². The molecule has 1 heterocycles. The number of carbonyl (C=O) groups is 1. The van der Waals surface area contributed by atoms with Gasteiger partial charge in [0.25, 0.3) is 0 Å². The smallest absolute Gasteiger partial charge is 0.315 e. The number of rotatable bonds is 5. The number of carbonyl (C=O) groups excluding carboxylic acids is 1. The monoisotopic (exact) mass is 332 g/mol. The highest BCUT2D eigenvalue weighted by Gasteiger charge is 2.30. The number of hydrogen-bond donors (Lipinski definition) is 3. The molecule has 0 aromatic heterocycles. The van der Waals surface area contributed by atoms with E-state index in [1.807, 2.05) is 18.2 Å². The number of nitrogens with one attached hydrogen (secondary N) is 2. The van der Waals surface area contributed by atoms with E-state index >= 15 is 0 Å². The van der Waals surface area contributed by atoms with Gasteiger partial charge in [0.1, 0.15) is 0 Å². The van der Waals surface area contributed by atoms with Crippen molar-refractivity contribution in [1.82, 2.24) is 10.6 Å². The molecule has 132 valence electrons. The number of benzene rings is 1. The summed E-state index contributed by atoms with van der Waals surface area (Å²) in [4.78, 5) is 12.2. The predicted octanol–water partition coefficient (Wildman–Crippen LogP) is 2.61. The number of aliphatic hydroxyl groups is 1. The second kappa shape index (κ2) is 8.49. The standard InChI is InChI=1S/C19H28N2O3/c22-13-16-8-4-5-9-17(16)21-19(23)20-12-15-10-11-24-18(15)14-6-2-1-3-7-14/h1-3,6-7,15-18,22H,4-5,8-13H2,(H2,20,21,23)/t15-,16+,17-,18+/m0/s1. The molecule has 2 amide bonds. The van der Waals surface area contributed by atoms with Crippen LogP contribution in [0.2, 0.25) is 0 Å². The number of hydrogen-bond acceptors (Lipinski definition) is 3. The molecule has 0 spiro atoms. The van der Waals surface area contributed by atoms with E-state index in [2.05, 4.69) is 22.8 Å². The van der Waals surface area contributed by atoms with E-state index in [9.17, 15) is 9.90 Å². The van der Waals surface area contributed by atoms with Crippen molar-refractivity contribution in [3.63, 3.8) is 0 Å². The Kier molecular flexibility index (Phi) is 6.10. The molecule has 24 heavy (non-hydrogen) atoms. The number of amides is 2. The molecule has 4 atom stereocenters. The molecule has 1 aliphatic heterocycles. The zero-order valence-electron chi connectivity index (χ0n) is 14.1. The van der Waals surface area contributed by atoms with Crippen molar-refractivity contribution in [2.24, 2.45) is 11.8 Å². The van der Waals surface area contributed by atoms with Crippen LogP contribution in [0.1, 0.15) is 43.8 Å². The van der Waals surface area contributed by atoms with Gasteiger partial charge in [-0.15, -0.1) is 0 Å². The van der Waals surface area contributed by atoms with Gasteiger partial charge in [-0.3, -0.25) is 0 Å². The minimum Gasteiger partial charge on any atom is -0.396 e. The van der Waals surface area contributed by atoms with E-state index < -0.39 is 0 Å². The largest absolute Gasteiger partial charge is 0.396 e. The third kappa shape index (κ3) is 4.28. The van der Waals surface area contributed by atoms with E-state index in [1.165, 1.54) is 5.56 Å². The highest BCUT2D eigenvalue weighted by molar-refractivity contribution is 5.74. The first-order chi connectivity index (χ1) is 11.8. The van der Waals surface area contributed by atoms with Gasteiger partial charge in [0, 0.05) is 37.6 Å². The van der Waals surface area contributed by atoms with E-state index in [-0.39, 0.29) is 30.7 Å². The fourth-order valence-corrected chi connectivity index (χ4v) is 3.91. The summed E-state index contributed by atoms with van der Waals surface area (Å²) in [6.45, 7) is 1.50. The van der Waals surface area contributed by atoms with Gasteiger partial charge in [0.05, 0.1) is 6.10 Å². The van der Waals surface area contributed by atoms with Crippen molar-refractivity contribution in [2.75, 3.05) is 19.8 Å². The molecule has 0 unspecified atom stereocenters. The molecule has 2 aliphatic rings. The Balaban J connectivity index is 1.48. The number of aliphatic hydroxyl groups excluding tert-OH is 1. The molecule has 0 radical (unpaired) electrons. The molecule has 3 N–H and O–H groups in total. The number of ether oxygens (including phenoxy) is 1. The van der Waals surface area contributed by atoms with E-state index in [1.54, 1.807) is 0 Å². The maximum atomic E-state index is 12.2. The fourth-order valence-electron chi connectivity index (χ4n) is 3.91. The Labute approximate surface area is 143 Å². The minimum atomic E-state index is -0.126. The Bertz CT molecular complexity index is 523.